The van der Waals surface area contributed by atoms with Gasteiger partial charge in [0, 0.05) is 67.5 Å². The summed E-state index contributed by atoms with van der Waals surface area (Å²) < 4.78 is 46.6. The van der Waals surface area contributed by atoms with Crippen LogP contribution in [0.4, 0.5) is 10.5 Å². The molecule has 3 aromatic rings. The molecule has 0 saturated carbocycles. The molecular weight excluding hydrogens is 670 g/mol. The van der Waals surface area contributed by atoms with Gasteiger partial charge in [-0.15, -0.1) is 0 Å². The molecule has 0 bridgehead atoms. The zero-order chi connectivity index (χ0) is 34.9. The average Bonchev–Trinajstić information content (AvgIpc) is 3.36. The van der Waals surface area contributed by atoms with Crippen LogP contribution in [0.3, 0.4) is 0 Å². The Balaban J connectivity index is 1.43. The fourth-order valence-electron chi connectivity index (χ4n) is 7.05. The fraction of sp³-hybridized carbons (Fsp3) is 0.429. The summed E-state index contributed by atoms with van der Waals surface area (Å²) in [6.45, 7) is 7.02. The number of likely N-dealkylation sites (N-methyl/N-ethyl adjacent to an activating group) is 1. The van der Waals surface area contributed by atoms with Gasteiger partial charge in [0.05, 0.1) is 26.5 Å². The van der Waals surface area contributed by atoms with E-state index in [2.05, 4.69) is 22.2 Å². The maximum Gasteiger partial charge on any atom is 0.318 e. The van der Waals surface area contributed by atoms with E-state index in [0.29, 0.717) is 30.6 Å². The molecule has 262 valence electrons. The van der Waals surface area contributed by atoms with Crippen molar-refractivity contribution in [3.63, 3.8) is 0 Å². The molecule has 1 unspecified atom stereocenters. The van der Waals surface area contributed by atoms with E-state index in [1.165, 1.54) is 50.6 Å². The van der Waals surface area contributed by atoms with Crippen molar-refractivity contribution in [1.82, 2.24) is 20.0 Å². The van der Waals surface area contributed by atoms with E-state index in [1.54, 1.807) is 36.1 Å². The number of hydrogen-bond donors (Lipinski definition) is 1. The van der Waals surface area contributed by atoms with E-state index < -0.39 is 27.5 Å². The third-order valence-corrected chi connectivity index (χ3v) is 11.6. The Bertz CT molecular complexity index is 1830. The van der Waals surface area contributed by atoms with Gasteiger partial charge < -0.3 is 29.3 Å². The highest BCUT2D eigenvalue weighted by Crippen LogP contribution is 2.50. The maximum absolute atomic E-state index is 15.1. The Morgan fingerprint density at radius 2 is 1.63 bits per heavy atom. The highest BCUT2D eigenvalue weighted by molar-refractivity contribution is 7.93. The molecule has 0 radical (unpaired) electrons. The zero-order valence-electron chi connectivity index (χ0n) is 28.1. The third-order valence-electron chi connectivity index (χ3n) is 9.67. The van der Waals surface area contributed by atoms with Crippen molar-refractivity contribution in [2.45, 2.75) is 36.2 Å². The van der Waals surface area contributed by atoms with Crippen LogP contribution < -0.4 is 23.8 Å². The number of urea groups is 1. The monoisotopic (exact) mass is 711 g/mol. The molecule has 0 aromatic heterocycles. The largest absolute Gasteiger partial charge is 0.497 e. The predicted octanol–water partition coefficient (Wildman–Crippen LogP) is 4.16. The topological polar surface area (TPSA) is 121 Å². The number of fused-ring (bicyclic) bond motifs is 1. The number of para-hydroxylation sites is 1. The Labute approximate surface area is 292 Å². The van der Waals surface area contributed by atoms with Crippen molar-refractivity contribution in [2.24, 2.45) is 0 Å². The van der Waals surface area contributed by atoms with Gasteiger partial charge in [0.2, 0.25) is 0 Å². The van der Waals surface area contributed by atoms with Crippen LogP contribution in [0.2, 0.25) is 5.02 Å². The second-order valence-corrected chi connectivity index (χ2v) is 14.6. The summed E-state index contributed by atoms with van der Waals surface area (Å²) >= 11 is 6.56. The van der Waals surface area contributed by atoms with Gasteiger partial charge in [-0.3, -0.25) is 9.69 Å². The number of piperazine rings is 1. The van der Waals surface area contributed by atoms with Crippen LogP contribution in [-0.2, 0) is 20.4 Å². The summed E-state index contributed by atoms with van der Waals surface area (Å²) in [6.07, 6.45) is 1.57. The first-order chi connectivity index (χ1) is 23.5. The number of halogens is 1. The van der Waals surface area contributed by atoms with E-state index in [4.69, 9.17) is 25.8 Å². The Kier molecular flexibility index (Phi) is 9.99. The minimum absolute atomic E-state index is 0.0119. The highest BCUT2D eigenvalue weighted by Gasteiger charge is 2.59. The van der Waals surface area contributed by atoms with E-state index in [1.807, 2.05) is 0 Å². The van der Waals surface area contributed by atoms with E-state index in [-0.39, 0.29) is 39.1 Å². The molecule has 3 aliphatic rings. The zero-order valence-corrected chi connectivity index (χ0v) is 29.7. The van der Waals surface area contributed by atoms with Crippen LogP contribution in [0.1, 0.15) is 30.9 Å². The molecule has 2 saturated heterocycles. The van der Waals surface area contributed by atoms with Crippen LogP contribution in [0.5, 0.6) is 17.2 Å². The third kappa shape index (κ3) is 6.29. The number of sulfonamides is 1. The number of ether oxygens (including phenoxy) is 3. The number of carbonyl (C=O) groups is 2. The lowest BCUT2D eigenvalue weighted by atomic mass is 9.83. The molecule has 1 atom stereocenters. The van der Waals surface area contributed by atoms with Crippen LogP contribution in [0.25, 0.3) is 0 Å². The molecule has 3 aliphatic heterocycles. The van der Waals surface area contributed by atoms with Crippen molar-refractivity contribution >= 4 is 39.2 Å². The van der Waals surface area contributed by atoms with Gasteiger partial charge in [-0.2, -0.15) is 4.31 Å². The van der Waals surface area contributed by atoms with Crippen molar-refractivity contribution in [1.29, 1.82) is 0 Å². The SMILES string of the molecule is CCOc1ccccc1C1(NC(=O)N2CCC(N3CCN(C)CC3)CC2)C(=O)N(S(=O)(=O)c2ccc(OC)cc2OC)c2ccc(Cl)cc21. The number of nitrogens with zero attached hydrogens (tertiary/aromatic N) is 4. The second-order valence-electron chi connectivity index (χ2n) is 12.4. The summed E-state index contributed by atoms with van der Waals surface area (Å²) in [5, 5.41) is 3.29. The van der Waals surface area contributed by atoms with E-state index >= 15 is 4.79 Å². The number of hydrogen-bond acceptors (Lipinski definition) is 9. The molecule has 49 heavy (non-hydrogen) atoms. The molecule has 3 heterocycles. The van der Waals surface area contributed by atoms with Gasteiger partial charge in [0.15, 0.2) is 5.54 Å². The Hall–Kier alpha value is -4.04. The second kappa shape index (κ2) is 14.1. The molecule has 0 spiro atoms. The van der Waals surface area contributed by atoms with Gasteiger partial charge in [0.25, 0.3) is 15.9 Å². The van der Waals surface area contributed by atoms with Gasteiger partial charge in [0.1, 0.15) is 22.1 Å². The van der Waals surface area contributed by atoms with E-state index in [9.17, 15) is 13.2 Å². The number of rotatable bonds is 9. The normalized spacial score (nSPS) is 20.6. The highest BCUT2D eigenvalue weighted by atomic mass is 35.5. The van der Waals surface area contributed by atoms with E-state index in [0.717, 1.165) is 43.3 Å². The van der Waals surface area contributed by atoms with Gasteiger partial charge in [-0.1, -0.05) is 29.8 Å². The molecule has 12 nitrogen and oxygen atoms in total. The van der Waals surface area contributed by atoms with Crippen molar-refractivity contribution in [3.05, 3.63) is 76.8 Å². The first kappa shape index (κ1) is 34.8. The number of nitrogens with one attached hydrogen (secondary N) is 1. The Morgan fingerprint density at radius 1 is 0.918 bits per heavy atom. The summed E-state index contributed by atoms with van der Waals surface area (Å²) in [5.41, 5.74) is -1.48. The summed E-state index contributed by atoms with van der Waals surface area (Å²) in [6, 6.07) is 15.4. The van der Waals surface area contributed by atoms with Crippen molar-refractivity contribution in [3.8, 4) is 17.2 Å². The lowest BCUT2D eigenvalue weighted by Crippen LogP contribution is -2.59. The van der Waals surface area contributed by atoms with Crippen LogP contribution >= 0.6 is 11.6 Å². The molecule has 14 heteroatoms. The molecule has 1 N–H and O–H groups in total. The molecule has 3 aromatic carbocycles. The maximum atomic E-state index is 15.1. The standard InChI is InChI=1S/C35H42ClN5O7S/c1-5-48-30-9-7-6-8-27(30)35(37-34(43)40-16-14-25(15-17-40)39-20-18-38(2)19-21-39)28-22-24(36)10-12-29(28)41(33(35)42)49(44,45)32-13-11-26(46-3)23-31(32)47-4/h6-13,22-23,25H,5,14-21H2,1-4H3,(H,37,43). The van der Waals surface area contributed by atoms with Crippen molar-refractivity contribution in [2.75, 3.05) is 71.4 Å². The first-order valence-corrected chi connectivity index (χ1v) is 18.2. The quantitative estimate of drug-likeness (QED) is 0.349. The summed E-state index contributed by atoms with van der Waals surface area (Å²) in [7, 11) is 0.289. The number of carbonyl (C=O) groups excluding carboxylic acids is 2. The average molecular weight is 712 g/mol. The van der Waals surface area contributed by atoms with Crippen molar-refractivity contribution < 1.29 is 32.2 Å². The van der Waals surface area contributed by atoms with Gasteiger partial charge in [-0.05, 0) is 63.2 Å². The smallest absolute Gasteiger partial charge is 0.318 e. The lowest BCUT2D eigenvalue weighted by molar-refractivity contribution is -0.121. The fourth-order valence-corrected chi connectivity index (χ4v) is 8.83. The van der Waals surface area contributed by atoms with Crippen LogP contribution in [0.15, 0.2) is 65.6 Å². The molecular formula is C35H42ClN5O7S. The van der Waals surface area contributed by atoms with Crippen LogP contribution in [-0.4, -0.2) is 108 Å². The number of benzene rings is 3. The lowest BCUT2D eigenvalue weighted by Gasteiger charge is -2.42. The minimum atomic E-state index is -4.62. The summed E-state index contributed by atoms with van der Waals surface area (Å²) in [4.78, 5) is 35.7. The van der Waals surface area contributed by atoms with Gasteiger partial charge >= 0.3 is 6.03 Å². The van der Waals surface area contributed by atoms with Gasteiger partial charge in [-0.25, -0.2) is 13.2 Å². The van der Waals surface area contributed by atoms with Crippen LogP contribution in [0, 0.1) is 0 Å². The first-order valence-electron chi connectivity index (χ1n) is 16.4. The molecule has 0 aliphatic carbocycles. The predicted molar refractivity (Wildman–Crippen MR) is 186 cm³/mol. The molecule has 6 rings (SSSR count). The molecule has 2 fully saturated rings. The number of piperidine rings is 1. The molecule has 3 amide bonds. The minimum Gasteiger partial charge on any atom is -0.497 e. The number of amides is 3. The Morgan fingerprint density at radius 3 is 2.31 bits per heavy atom. The number of likely N-dealkylation sites (tertiary alicyclic amines) is 1. The number of methoxy groups -OCH3 is 2. The number of anilines is 1. The summed E-state index contributed by atoms with van der Waals surface area (Å²) in [5.74, 6) is -0.225.